The first-order valence-electron chi connectivity index (χ1n) is 13.2. The van der Waals surface area contributed by atoms with Crippen molar-refractivity contribution in [3.05, 3.63) is 64.2 Å². The zero-order chi connectivity index (χ0) is 30.5. The second-order valence-corrected chi connectivity index (χ2v) is 12.1. The zero-order valence-corrected chi connectivity index (χ0v) is 25.6. The van der Waals surface area contributed by atoms with E-state index < -0.39 is 5.82 Å². The Morgan fingerprint density at radius 2 is 1.78 bits per heavy atom. The number of aldehydes is 2. The molecule has 1 aromatic carbocycles. The number of hydrogen-bond donors (Lipinski definition) is 1. The number of fused-ring (bicyclic) bond motifs is 1. The van der Waals surface area contributed by atoms with Crippen LogP contribution in [-0.2, 0) is 5.41 Å². The molecule has 5 rings (SSSR count). The number of hydrogen-bond acceptors (Lipinski definition) is 8. The van der Waals surface area contributed by atoms with Crippen LogP contribution in [0.5, 0.6) is 0 Å². The van der Waals surface area contributed by atoms with Crippen molar-refractivity contribution < 1.29 is 14.0 Å². The Hall–Kier alpha value is -3.54. The summed E-state index contributed by atoms with van der Waals surface area (Å²) in [6.07, 6.45) is 2.85. The minimum Gasteiger partial charge on any atom is -0.303 e. The fourth-order valence-corrected chi connectivity index (χ4v) is 4.41. The maximum atomic E-state index is 13.7. The van der Waals surface area contributed by atoms with E-state index in [9.17, 15) is 14.0 Å². The van der Waals surface area contributed by atoms with Crippen LogP contribution in [0.25, 0.3) is 16.9 Å². The Labute approximate surface area is 244 Å². The lowest BCUT2D eigenvalue weighted by atomic mass is 9.87. The van der Waals surface area contributed by atoms with Gasteiger partial charge < -0.3 is 4.90 Å². The van der Waals surface area contributed by atoms with E-state index in [2.05, 4.69) is 63.0 Å². The van der Waals surface area contributed by atoms with Crippen LogP contribution in [0, 0.1) is 12.7 Å². The van der Waals surface area contributed by atoms with Gasteiger partial charge in [0.15, 0.2) is 18.2 Å². The lowest BCUT2D eigenvalue weighted by molar-refractivity contribution is 0.0541. The van der Waals surface area contributed by atoms with Gasteiger partial charge >= 0.3 is 0 Å². The fourth-order valence-electron chi connectivity index (χ4n) is 4.30. The summed E-state index contributed by atoms with van der Waals surface area (Å²) < 4.78 is 15.3. The summed E-state index contributed by atoms with van der Waals surface area (Å²) in [5.41, 5.74) is 3.21. The number of carbonyl (C=O) groups is 2. The average molecular weight is 585 g/mol. The summed E-state index contributed by atoms with van der Waals surface area (Å²) in [6, 6.07) is 6.43. The molecule has 0 aliphatic carbocycles. The van der Waals surface area contributed by atoms with Crippen molar-refractivity contribution in [2.24, 2.45) is 0 Å². The molecule has 0 spiro atoms. The topological polar surface area (TPSA) is 112 Å². The van der Waals surface area contributed by atoms with Gasteiger partial charge in [-0.3, -0.25) is 19.6 Å². The summed E-state index contributed by atoms with van der Waals surface area (Å²) in [6.45, 7) is 16.1. The maximum absolute atomic E-state index is 13.7. The Morgan fingerprint density at radius 3 is 2.27 bits per heavy atom. The molecule has 12 heteroatoms. The number of aromatic amines is 1. The van der Waals surface area contributed by atoms with E-state index in [1.54, 1.807) is 23.7 Å². The van der Waals surface area contributed by atoms with Crippen molar-refractivity contribution in [1.82, 2.24) is 39.6 Å². The summed E-state index contributed by atoms with van der Waals surface area (Å²) in [5.74, 6) is 0.372. The monoisotopic (exact) mass is 584 g/mol. The summed E-state index contributed by atoms with van der Waals surface area (Å²) >= 11 is 5.74. The van der Waals surface area contributed by atoms with Crippen LogP contribution in [0.4, 0.5) is 4.39 Å². The third-order valence-corrected chi connectivity index (χ3v) is 7.12. The van der Waals surface area contributed by atoms with Gasteiger partial charge in [-0.2, -0.15) is 10.2 Å². The number of nitrogens with zero attached hydrogens (tertiary/aromatic N) is 7. The molecule has 4 aromatic rings. The van der Waals surface area contributed by atoms with Gasteiger partial charge in [0.05, 0.1) is 16.9 Å². The number of aryl methyl sites for hydroxylation is 1. The molecule has 1 saturated heterocycles. The highest BCUT2D eigenvalue weighted by Crippen LogP contribution is 2.30. The second kappa shape index (κ2) is 13.0. The molecule has 1 aliphatic heterocycles. The maximum Gasteiger partial charge on any atom is 0.214 e. The number of likely N-dealkylation sites (N-methyl/N-ethyl adjacent to an activating group) is 2. The SMILES string of the molecule is CC(C)(C)c1cc(-c2ccc(Cl)c(F)c2)nn2cc(C=O)nc12.CN1CCN(C)C(C)(C)C1.Cc1nc(C=O)n[nH]1. The van der Waals surface area contributed by atoms with Gasteiger partial charge in [-0.1, -0.05) is 38.4 Å². The highest BCUT2D eigenvalue weighted by molar-refractivity contribution is 6.30. The van der Waals surface area contributed by atoms with Crippen molar-refractivity contribution in [2.75, 3.05) is 33.7 Å². The molecule has 0 amide bonds. The van der Waals surface area contributed by atoms with Crippen LogP contribution < -0.4 is 0 Å². The van der Waals surface area contributed by atoms with Crippen molar-refractivity contribution in [1.29, 1.82) is 0 Å². The predicted octanol–water partition coefficient (Wildman–Crippen LogP) is 4.87. The number of halogens is 2. The molecule has 3 aromatic heterocycles. The van der Waals surface area contributed by atoms with E-state index in [4.69, 9.17) is 11.6 Å². The van der Waals surface area contributed by atoms with Crippen molar-refractivity contribution >= 4 is 29.8 Å². The number of carbonyl (C=O) groups excluding carboxylic acids is 2. The molecule has 4 heterocycles. The highest BCUT2D eigenvalue weighted by Gasteiger charge is 2.28. The average Bonchev–Trinajstić information content (AvgIpc) is 3.52. The number of imidazole rings is 1. The predicted molar refractivity (Wildman–Crippen MR) is 158 cm³/mol. The first-order chi connectivity index (χ1) is 19.1. The van der Waals surface area contributed by atoms with Crippen LogP contribution in [0.2, 0.25) is 5.02 Å². The molecule has 220 valence electrons. The van der Waals surface area contributed by atoms with Gasteiger partial charge in [0.2, 0.25) is 5.82 Å². The van der Waals surface area contributed by atoms with Crippen LogP contribution in [0.15, 0.2) is 30.5 Å². The molecule has 0 radical (unpaired) electrons. The molecule has 1 fully saturated rings. The molecular weight excluding hydrogens is 547 g/mol. The number of rotatable bonds is 3. The van der Waals surface area contributed by atoms with Crippen molar-refractivity contribution in [3.8, 4) is 11.3 Å². The van der Waals surface area contributed by atoms with E-state index in [0.717, 1.165) is 5.56 Å². The van der Waals surface area contributed by atoms with Crippen LogP contribution >= 0.6 is 11.6 Å². The minimum absolute atomic E-state index is 0.0664. The number of piperazine rings is 1. The number of nitrogens with one attached hydrogen (secondary N) is 1. The van der Waals surface area contributed by atoms with Crippen LogP contribution in [0.3, 0.4) is 0 Å². The summed E-state index contributed by atoms with van der Waals surface area (Å²) in [4.78, 5) is 33.7. The number of H-pyrrole nitrogens is 1. The quantitative estimate of drug-likeness (QED) is 0.340. The molecule has 0 atom stereocenters. The van der Waals surface area contributed by atoms with Gasteiger partial charge in [-0.25, -0.2) is 18.9 Å². The van der Waals surface area contributed by atoms with Gasteiger partial charge in [-0.05, 0) is 58.5 Å². The molecule has 10 nitrogen and oxygen atoms in total. The van der Waals surface area contributed by atoms with Gasteiger partial charge in [0, 0.05) is 36.3 Å². The molecule has 0 bridgehead atoms. The van der Waals surface area contributed by atoms with E-state index in [-0.39, 0.29) is 16.3 Å². The largest absolute Gasteiger partial charge is 0.303 e. The molecule has 0 unspecified atom stereocenters. The van der Waals surface area contributed by atoms with Crippen molar-refractivity contribution in [2.45, 2.75) is 52.5 Å². The first-order valence-corrected chi connectivity index (χ1v) is 13.6. The third kappa shape index (κ3) is 8.25. The Morgan fingerprint density at radius 1 is 1.07 bits per heavy atom. The lowest BCUT2D eigenvalue weighted by Gasteiger charge is -2.44. The molecule has 41 heavy (non-hydrogen) atoms. The Kier molecular flexibility index (Phi) is 10.1. The summed E-state index contributed by atoms with van der Waals surface area (Å²) in [7, 11) is 4.39. The number of benzene rings is 1. The van der Waals surface area contributed by atoms with Crippen LogP contribution in [-0.4, -0.2) is 91.4 Å². The van der Waals surface area contributed by atoms with E-state index in [0.29, 0.717) is 46.5 Å². The van der Waals surface area contributed by atoms with Crippen molar-refractivity contribution in [3.63, 3.8) is 0 Å². The highest BCUT2D eigenvalue weighted by atomic mass is 35.5. The Bertz CT molecular complexity index is 1510. The summed E-state index contributed by atoms with van der Waals surface area (Å²) in [5, 5.41) is 10.6. The van der Waals surface area contributed by atoms with Gasteiger partial charge in [0.25, 0.3) is 0 Å². The van der Waals surface area contributed by atoms with Gasteiger partial charge in [0.1, 0.15) is 17.3 Å². The van der Waals surface area contributed by atoms with Crippen LogP contribution in [0.1, 0.15) is 67.1 Å². The Balaban J connectivity index is 0.000000210. The van der Waals surface area contributed by atoms with E-state index in [1.807, 2.05) is 26.8 Å². The lowest BCUT2D eigenvalue weighted by Crippen LogP contribution is -2.56. The smallest absolute Gasteiger partial charge is 0.214 e. The number of aromatic nitrogens is 6. The molecule has 1 N–H and O–H groups in total. The molecular formula is C29H38ClFN8O2. The minimum atomic E-state index is -0.498. The fraction of sp³-hybridized carbons (Fsp3) is 0.448. The zero-order valence-electron chi connectivity index (χ0n) is 24.9. The van der Waals surface area contributed by atoms with Gasteiger partial charge in [-0.15, -0.1) is 0 Å². The molecule has 0 saturated carbocycles. The second-order valence-electron chi connectivity index (χ2n) is 11.7. The standard InChI is InChI=1S/C17H15ClFN3O.C8H18N2.C4H5N3O/c1-17(2,3)12-7-15(10-4-5-13(18)14(19)6-10)21-22-8-11(9-23)20-16(12)22;1-8(2)7-9(3)5-6-10(8)4;1-3-5-4(2-8)7-6-3/h4-9H,1-3H3;5-7H2,1-4H3;2H,1H3,(H,5,6,7). The van der Waals surface area contributed by atoms with E-state index >= 15 is 0 Å². The first kappa shape index (κ1) is 32.0. The normalized spacial score (nSPS) is 15.5. The molecule has 1 aliphatic rings. The van der Waals surface area contributed by atoms with E-state index in [1.165, 1.54) is 31.8 Å². The third-order valence-electron chi connectivity index (χ3n) is 6.82.